The quantitative estimate of drug-likeness (QED) is 0.908. The molecule has 2 aromatic rings. The molecule has 0 amide bonds. The standard InChI is InChI=1S/C16H20N2O/c1-10-8-11(2)12(3)15(9-10)19-16-14(13(4)17)6-5-7-18-16/h5-9,13H,17H2,1-4H3/t13-/m1/s1. The largest absolute Gasteiger partial charge is 0.438 e. The average Bonchev–Trinajstić information content (AvgIpc) is 2.35. The smallest absolute Gasteiger partial charge is 0.223 e. The summed E-state index contributed by atoms with van der Waals surface area (Å²) in [5.41, 5.74) is 10.4. The number of aryl methyl sites for hydroxylation is 2. The number of aromatic nitrogens is 1. The van der Waals surface area contributed by atoms with E-state index in [-0.39, 0.29) is 6.04 Å². The predicted octanol–water partition coefficient (Wildman–Crippen LogP) is 3.82. The molecule has 3 nitrogen and oxygen atoms in total. The Morgan fingerprint density at radius 1 is 1.21 bits per heavy atom. The third-order valence-corrected chi connectivity index (χ3v) is 3.26. The Hall–Kier alpha value is -1.87. The van der Waals surface area contributed by atoms with Crippen LogP contribution in [0.25, 0.3) is 0 Å². The number of pyridine rings is 1. The van der Waals surface area contributed by atoms with Crippen LogP contribution in [-0.2, 0) is 0 Å². The number of ether oxygens (including phenoxy) is 1. The first kappa shape index (κ1) is 13.6. The second-order valence-corrected chi connectivity index (χ2v) is 4.99. The molecule has 1 heterocycles. The van der Waals surface area contributed by atoms with E-state index in [9.17, 15) is 0 Å². The van der Waals surface area contributed by atoms with Gasteiger partial charge in [-0.15, -0.1) is 0 Å². The van der Waals surface area contributed by atoms with Gasteiger partial charge in [-0.05, 0) is 56.5 Å². The molecular formula is C16H20N2O. The molecule has 100 valence electrons. The zero-order chi connectivity index (χ0) is 14.0. The van der Waals surface area contributed by atoms with E-state index in [1.165, 1.54) is 11.1 Å². The minimum atomic E-state index is -0.102. The number of rotatable bonds is 3. The van der Waals surface area contributed by atoms with E-state index in [0.29, 0.717) is 5.88 Å². The SMILES string of the molecule is Cc1cc(C)c(C)c(Oc2ncccc2[C@@H](C)N)c1. The Morgan fingerprint density at radius 2 is 1.95 bits per heavy atom. The lowest BCUT2D eigenvalue weighted by molar-refractivity contribution is 0.448. The highest BCUT2D eigenvalue weighted by molar-refractivity contribution is 5.44. The van der Waals surface area contributed by atoms with Gasteiger partial charge in [0.15, 0.2) is 0 Å². The normalized spacial score (nSPS) is 12.3. The molecule has 0 aliphatic carbocycles. The van der Waals surface area contributed by atoms with Crippen molar-refractivity contribution in [3.63, 3.8) is 0 Å². The monoisotopic (exact) mass is 256 g/mol. The summed E-state index contributed by atoms with van der Waals surface area (Å²) in [7, 11) is 0. The molecular weight excluding hydrogens is 236 g/mol. The topological polar surface area (TPSA) is 48.1 Å². The van der Waals surface area contributed by atoms with Gasteiger partial charge >= 0.3 is 0 Å². The van der Waals surface area contributed by atoms with Gasteiger partial charge in [0.05, 0.1) is 0 Å². The van der Waals surface area contributed by atoms with Crippen molar-refractivity contribution in [2.45, 2.75) is 33.7 Å². The Morgan fingerprint density at radius 3 is 2.63 bits per heavy atom. The maximum Gasteiger partial charge on any atom is 0.223 e. The Kier molecular flexibility index (Phi) is 3.86. The third kappa shape index (κ3) is 2.93. The van der Waals surface area contributed by atoms with Gasteiger partial charge in [-0.25, -0.2) is 4.98 Å². The van der Waals surface area contributed by atoms with Gasteiger partial charge in [-0.1, -0.05) is 12.1 Å². The Labute approximate surface area is 114 Å². The molecule has 0 saturated carbocycles. The molecule has 0 unspecified atom stereocenters. The minimum Gasteiger partial charge on any atom is -0.438 e. The summed E-state index contributed by atoms with van der Waals surface area (Å²) in [5, 5.41) is 0. The van der Waals surface area contributed by atoms with Crippen molar-refractivity contribution >= 4 is 0 Å². The Bertz CT molecular complexity index is 591. The molecule has 0 fully saturated rings. The average molecular weight is 256 g/mol. The van der Waals surface area contributed by atoms with E-state index in [2.05, 4.69) is 31.8 Å². The van der Waals surface area contributed by atoms with Crippen LogP contribution in [0.1, 0.15) is 35.2 Å². The molecule has 0 bridgehead atoms. The van der Waals surface area contributed by atoms with E-state index >= 15 is 0 Å². The summed E-state index contributed by atoms with van der Waals surface area (Å²) in [5.74, 6) is 1.43. The van der Waals surface area contributed by atoms with Crippen molar-refractivity contribution in [3.8, 4) is 11.6 Å². The van der Waals surface area contributed by atoms with Crippen molar-refractivity contribution in [2.75, 3.05) is 0 Å². The minimum absolute atomic E-state index is 0.102. The van der Waals surface area contributed by atoms with Crippen molar-refractivity contribution < 1.29 is 4.74 Å². The second kappa shape index (κ2) is 5.41. The van der Waals surface area contributed by atoms with Crippen molar-refractivity contribution in [1.82, 2.24) is 4.98 Å². The number of hydrogen-bond donors (Lipinski definition) is 1. The molecule has 1 atom stereocenters. The van der Waals surface area contributed by atoms with Crippen LogP contribution in [0.5, 0.6) is 11.6 Å². The zero-order valence-electron chi connectivity index (χ0n) is 11.9. The van der Waals surface area contributed by atoms with Crippen LogP contribution in [0.3, 0.4) is 0 Å². The Balaban J connectivity index is 2.42. The summed E-state index contributed by atoms with van der Waals surface area (Å²) in [4.78, 5) is 4.29. The number of hydrogen-bond acceptors (Lipinski definition) is 3. The highest BCUT2D eigenvalue weighted by Crippen LogP contribution is 2.30. The van der Waals surface area contributed by atoms with Gasteiger partial charge in [-0.2, -0.15) is 0 Å². The first-order valence-corrected chi connectivity index (χ1v) is 6.45. The van der Waals surface area contributed by atoms with E-state index in [1.807, 2.05) is 25.1 Å². The summed E-state index contributed by atoms with van der Waals surface area (Å²) >= 11 is 0. The van der Waals surface area contributed by atoms with Crippen molar-refractivity contribution in [3.05, 3.63) is 52.7 Å². The van der Waals surface area contributed by atoms with Crippen molar-refractivity contribution in [1.29, 1.82) is 0 Å². The maximum atomic E-state index is 5.97. The first-order chi connectivity index (χ1) is 8.99. The molecule has 2 N–H and O–H groups in total. The van der Waals surface area contributed by atoms with E-state index in [4.69, 9.17) is 10.5 Å². The number of nitrogens with zero attached hydrogens (tertiary/aromatic N) is 1. The number of nitrogens with two attached hydrogens (primary N) is 1. The molecule has 0 aliphatic heterocycles. The molecule has 3 heteroatoms. The lowest BCUT2D eigenvalue weighted by Crippen LogP contribution is -2.07. The molecule has 2 rings (SSSR count). The lowest BCUT2D eigenvalue weighted by atomic mass is 10.1. The van der Waals surface area contributed by atoms with Crippen LogP contribution < -0.4 is 10.5 Å². The summed E-state index contributed by atoms with van der Waals surface area (Å²) in [6.45, 7) is 8.13. The zero-order valence-corrected chi connectivity index (χ0v) is 11.9. The predicted molar refractivity (Wildman–Crippen MR) is 77.6 cm³/mol. The van der Waals surface area contributed by atoms with Gasteiger partial charge < -0.3 is 10.5 Å². The van der Waals surface area contributed by atoms with Crippen LogP contribution in [0.15, 0.2) is 30.5 Å². The van der Waals surface area contributed by atoms with E-state index in [0.717, 1.165) is 16.9 Å². The molecule has 0 spiro atoms. The molecule has 19 heavy (non-hydrogen) atoms. The molecule has 0 saturated heterocycles. The summed E-state index contributed by atoms with van der Waals surface area (Å²) < 4.78 is 5.97. The lowest BCUT2D eigenvalue weighted by Gasteiger charge is -2.15. The summed E-state index contributed by atoms with van der Waals surface area (Å²) in [6, 6.07) is 7.90. The fraction of sp³-hybridized carbons (Fsp3) is 0.312. The fourth-order valence-corrected chi connectivity index (χ4v) is 2.05. The molecule has 1 aromatic heterocycles. The van der Waals surface area contributed by atoms with Gasteiger partial charge in [-0.3, -0.25) is 0 Å². The van der Waals surface area contributed by atoms with Crippen molar-refractivity contribution in [2.24, 2.45) is 5.73 Å². The van der Waals surface area contributed by atoms with Gasteiger partial charge in [0.2, 0.25) is 5.88 Å². The second-order valence-electron chi connectivity index (χ2n) is 4.99. The maximum absolute atomic E-state index is 5.97. The van der Waals surface area contributed by atoms with Gasteiger partial charge in [0.25, 0.3) is 0 Å². The van der Waals surface area contributed by atoms with Crippen LogP contribution in [0.2, 0.25) is 0 Å². The molecule has 0 radical (unpaired) electrons. The molecule has 0 aliphatic rings. The summed E-state index contributed by atoms with van der Waals surface area (Å²) in [6.07, 6.45) is 1.72. The van der Waals surface area contributed by atoms with E-state index < -0.39 is 0 Å². The fourth-order valence-electron chi connectivity index (χ4n) is 2.05. The highest BCUT2D eigenvalue weighted by atomic mass is 16.5. The number of benzene rings is 1. The van der Waals surface area contributed by atoms with Crippen LogP contribution in [0, 0.1) is 20.8 Å². The first-order valence-electron chi connectivity index (χ1n) is 6.45. The highest BCUT2D eigenvalue weighted by Gasteiger charge is 2.12. The van der Waals surface area contributed by atoms with E-state index in [1.54, 1.807) is 6.20 Å². The van der Waals surface area contributed by atoms with Gasteiger partial charge in [0, 0.05) is 17.8 Å². The third-order valence-electron chi connectivity index (χ3n) is 3.26. The van der Waals surface area contributed by atoms with Crippen LogP contribution >= 0.6 is 0 Å². The van der Waals surface area contributed by atoms with Crippen LogP contribution in [-0.4, -0.2) is 4.98 Å². The molecule has 1 aromatic carbocycles. The van der Waals surface area contributed by atoms with Crippen LogP contribution in [0.4, 0.5) is 0 Å². The van der Waals surface area contributed by atoms with Gasteiger partial charge in [0.1, 0.15) is 5.75 Å².